The zero-order chi connectivity index (χ0) is 19.3. The number of hydrogen-bond donors (Lipinski definition) is 3. The third kappa shape index (κ3) is 4.63. The second-order valence-electron chi connectivity index (χ2n) is 7.66. The first kappa shape index (κ1) is 19.7. The van der Waals surface area contributed by atoms with Crippen molar-refractivity contribution in [2.75, 3.05) is 0 Å². The average molecular weight is 370 g/mol. The lowest BCUT2D eigenvalue weighted by molar-refractivity contribution is -0.295. The third-order valence-corrected chi connectivity index (χ3v) is 5.67. The van der Waals surface area contributed by atoms with Gasteiger partial charge in [0.05, 0.1) is 0 Å². The monoisotopic (exact) mass is 370 g/mol. The molecule has 0 atom stereocenters. The summed E-state index contributed by atoms with van der Waals surface area (Å²) in [5.74, 6) is -1.39. The number of phenols is 1. The van der Waals surface area contributed by atoms with Crippen molar-refractivity contribution >= 4 is 0 Å². The van der Waals surface area contributed by atoms with Crippen LogP contribution in [0, 0.1) is 0 Å². The van der Waals surface area contributed by atoms with Gasteiger partial charge < -0.3 is 20.1 Å². The lowest BCUT2D eigenvalue weighted by Gasteiger charge is -2.38. The Labute approximate surface area is 161 Å². The standard InChI is InChI=1S/C23H30O4/c1-2-3-17-23(25,26)27-21-13-9-19(10-14-21)22(15-5-4-6-16-22)18-7-11-20(24)12-8-18/h7-14,24-26H,2-6,15-17H2,1H3. The van der Waals surface area contributed by atoms with Crippen LogP contribution in [0.5, 0.6) is 11.5 Å². The second kappa shape index (κ2) is 8.32. The summed E-state index contributed by atoms with van der Waals surface area (Å²) in [4.78, 5) is 0. The zero-order valence-electron chi connectivity index (χ0n) is 16.0. The van der Waals surface area contributed by atoms with Gasteiger partial charge in [0.2, 0.25) is 0 Å². The van der Waals surface area contributed by atoms with Gasteiger partial charge in [-0.1, -0.05) is 56.9 Å². The average Bonchev–Trinajstić information content (AvgIpc) is 2.68. The van der Waals surface area contributed by atoms with Crippen LogP contribution in [0.4, 0.5) is 0 Å². The molecule has 0 unspecified atom stereocenters. The van der Waals surface area contributed by atoms with E-state index in [0.717, 1.165) is 19.3 Å². The maximum Gasteiger partial charge on any atom is 0.321 e. The fraction of sp³-hybridized carbons (Fsp3) is 0.478. The summed E-state index contributed by atoms with van der Waals surface area (Å²) in [5, 5.41) is 29.6. The Balaban J connectivity index is 1.85. The highest BCUT2D eigenvalue weighted by Gasteiger charge is 2.35. The molecule has 1 aliphatic carbocycles. The van der Waals surface area contributed by atoms with E-state index < -0.39 is 5.97 Å². The molecule has 27 heavy (non-hydrogen) atoms. The summed E-state index contributed by atoms with van der Waals surface area (Å²) in [7, 11) is 0. The van der Waals surface area contributed by atoms with E-state index in [9.17, 15) is 15.3 Å². The van der Waals surface area contributed by atoms with Crippen LogP contribution in [0.2, 0.25) is 0 Å². The Hall–Kier alpha value is -2.04. The van der Waals surface area contributed by atoms with Gasteiger partial charge in [-0.05, 0) is 54.7 Å². The van der Waals surface area contributed by atoms with Gasteiger partial charge in [-0.15, -0.1) is 0 Å². The number of rotatable bonds is 7. The normalized spacial score (nSPS) is 16.9. The molecule has 1 saturated carbocycles. The van der Waals surface area contributed by atoms with Gasteiger partial charge in [0.1, 0.15) is 11.5 Å². The van der Waals surface area contributed by atoms with E-state index in [4.69, 9.17) is 4.74 Å². The minimum Gasteiger partial charge on any atom is -0.508 e. The first-order valence-electron chi connectivity index (χ1n) is 9.99. The first-order chi connectivity index (χ1) is 13.0. The van der Waals surface area contributed by atoms with Gasteiger partial charge in [-0.25, -0.2) is 0 Å². The van der Waals surface area contributed by atoms with E-state index in [1.165, 1.54) is 30.4 Å². The predicted octanol–water partition coefficient (Wildman–Crippen LogP) is 4.85. The van der Waals surface area contributed by atoms with E-state index >= 15 is 0 Å². The molecule has 2 aromatic carbocycles. The van der Waals surface area contributed by atoms with Crippen molar-refractivity contribution in [2.24, 2.45) is 0 Å². The molecule has 0 spiro atoms. The molecule has 3 rings (SSSR count). The van der Waals surface area contributed by atoms with Crippen LogP contribution in [0.1, 0.15) is 69.4 Å². The van der Waals surface area contributed by atoms with Crippen LogP contribution >= 0.6 is 0 Å². The number of benzene rings is 2. The number of aromatic hydroxyl groups is 1. The van der Waals surface area contributed by atoms with Gasteiger partial charge in [0.25, 0.3) is 0 Å². The van der Waals surface area contributed by atoms with Gasteiger partial charge in [-0.3, -0.25) is 0 Å². The summed E-state index contributed by atoms with van der Waals surface area (Å²) in [6, 6.07) is 15.2. The van der Waals surface area contributed by atoms with E-state index in [1.54, 1.807) is 12.1 Å². The van der Waals surface area contributed by atoms with E-state index in [2.05, 4.69) is 0 Å². The molecule has 0 heterocycles. The molecule has 3 N–H and O–H groups in total. The highest BCUT2D eigenvalue weighted by atomic mass is 16.8. The molecule has 1 fully saturated rings. The fourth-order valence-electron chi connectivity index (χ4n) is 4.17. The molecule has 0 saturated heterocycles. The first-order valence-corrected chi connectivity index (χ1v) is 9.99. The Bertz CT molecular complexity index is 713. The Morgan fingerprint density at radius 2 is 1.44 bits per heavy atom. The lowest BCUT2D eigenvalue weighted by atomic mass is 9.65. The van der Waals surface area contributed by atoms with Crippen LogP contribution in [0.3, 0.4) is 0 Å². The zero-order valence-corrected chi connectivity index (χ0v) is 16.0. The highest BCUT2D eigenvalue weighted by molar-refractivity contribution is 5.43. The van der Waals surface area contributed by atoms with Crippen LogP contribution in [0.15, 0.2) is 48.5 Å². The van der Waals surface area contributed by atoms with Crippen LogP contribution in [-0.2, 0) is 5.41 Å². The fourth-order valence-corrected chi connectivity index (χ4v) is 4.17. The maximum absolute atomic E-state index is 9.98. The second-order valence-corrected chi connectivity index (χ2v) is 7.66. The van der Waals surface area contributed by atoms with Gasteiger partial charge in [0, 0.05) is 11.8 Å². The number of phenolic OH excluding ortho intramolecular Hbond substituents is 1. The molecule has 0 aromatic heterocycles. The van der Waals surface area contributed by atoms with E-state index in [0.29, 0.717) is 12.2 Å². The lowest BCUT2D eigenvalue weighted by Crippen LogP contribution is -2.35. The summed E-state index contributed by atoms with van der Waals surface area (Å²) >= 11 is 0. The molecule has 146 valence electrons. The van der Waals surface area contributed by atoms with Crippen LogP contribution in [-0.4, -0.2) is 21.3 Å². The van der Waals surface area contributed by atoms with Crippen molar-refractivity contribution < 1.29 is 20.1 Å². The van der Waals surface area contributed by atoms with Gasteiger partial charge in [-0.2, -0.15) is 0 Å². The number of unbranched alkanes of at least 4 members (excludes halogenated alkanes) is 1. The van der Waals surface area contributed by atoms with Crippen molar-refractivity contribution in [3.05, 3.63) is 59.7 Å². The Morgan fingerprint density at radius 1 is 0.889 bits per heavy atom. The van der Waals surface area contributed by atoms with Crippen molar-refractivity contribution in [3.63, 3.8) is 0 Å². The molecular weight excluding hydrogens is 340 g/mol. The third-order valence-electron chi connectivity index (χ3n) is 5.67. The number of ether oxygens (including phenoxy) is 1. The molecular formula is C23H30O4. The topological polar surface area (TPSA) is 69.9 Å². The van der Waals surface area contributed by atoms with Crippen molar-refractivity contribution in [1.82, 2.24) is 0 Å². The number of hydrogen-bond acceptors (Lipinski definition) is 4. The van der Waals surface area contributed by atoms with Crippen molar-refractivity contribution in [2.45, 2.75) is 69.7 Å². The number of aliphatic hydroxyl groups is 2. The molecule has 1 aliphatic rings. The van der Waals surface area contributed by atoms with Gasteiger partial charge in [0.15, 0.2) is 0 Å². The summed E-state index contributed by atoms with van der Waals surface area (Å²) in [5.41, 5.74) is 2.35. The minimum atomic E-state index is -2.13. The largest absolute Gasteiger partial charge is 0.508 e. The summed E-state index contributed by atoms with van der Waals surface area (Å²) in [6.07, 6.45) is 7.48. The van der Waals surface area contributed by atoms with E-state index in [1.807, 2.05) is 43.3 Å². The van der Waals surface area contributed by atoms with Crippen molar-refractivity contribution in [3.8, 4) is 11.5 Å². The Kier molecular flexibility index (Phi) is 6.08. The molecule has 4 heteroatoms. The molecule has 0 amide bonds. The molecule has 0 bridgehead atoms. The predicted molar refractivity (Wildman–Crippen MR) is 106 cm³/mol. The summed E-state index contributed by atoms with van der Waals surface area (Å²) < 4.78 is 5.38. The highest BCUT2D eigenvalue weighted by Crippen LogP contribution is 2.45. The van der Waals surface area contributed by atoms with E-state index in [-0.39, 0.29) is 17.6 Å². The maximum atomic E-state index is 9.98. The molecule has 2 aromatic rings. The minimum absolute atomic E-state index is 0.0673. The summed E-state index contributed by atoms with van der Waals surface area (Å²) in [6.45, 7) is 2.00. The molecule has 4 nitrogen and oxygen atoms in total. The quantitative estimate of drug-likeness (QED) is 0.609. The Morgan fingerprint density at radius 3 is 2.00 bits per heavy atom. The van der Waals surface area contributed by atoms with Crippen molar-refractivity contribution in [1.29, 1.82) is 0 Å². The SMILES string of the molecule is CCCCC(O)(O)Oc1ccc(C2(c3ccc(O)cc3)CCCCC2)cc1. The molecule has 0 radical (unpaired) electrons. The van der Waals surface area contributed by atoms with Gasteiger partial charge >= 0.3 is 5.97 Å². The smallest absolute Gasteiger partial charge is 0.321 e. The van der Waals surface area contributed by atoms with Crippen LogP contribution in [0.25, 0.3) is 0 Å². The van der Waals surface area contributed by atoms with Crippen LogP contribution < -0.4 is 4.74 Å². The molecule has 0 aliphatic heterocycles.